The van der Waals surface area contributed by atoms with Crippen molar-refractivity contribution in [1.29, 1.82) is 0 Å². The molecule has 3 heterocycles. The molecule has 1 saturated heterocycles. The highest BCUT2D eigenvalue weighted by Crippen LogP contribution is 2.32. The quantitative estimate of drug-likeness (QED) is 0.848. The Hall–Kier alpha value is -2.71. The average molecular weight is 394 g/mol. The van der Waals surface area contributed by atoms with Gasteiger partial charge in [-0.3, -0.25) is 9.59 Å². The lowest BCUT2D eigenvalue weighted by Gasteiger charge is -2.34. The Balaban J connectivity index is 0.00000210. The first-order chi connectivity index (χ1) is 12.7. The van der Waals surface area contributed by atoms with Gasteiger partial charge in [-0.1, -0.05) is 0 Å². The second kappa shape index (κ2) is 7.89. The van der Waals surface area contributed by atoms with Gasteiger partial charge >= 0.3 is 0 Å². The SMILES string of the molecule is Cl.NCc1cc(C(=O)N2CCN(C(=O)c3ccc4c(c3)OCO4)CC2)co1. The standard InChI is InChI=1S/C18H19N3O5.ClH/c19-9-14-7-13(10-24-14)18(23)21-5-3-20(4-6-21)17(22)12-1-2-15-16(8-12)26-11-25-15;/h1-2,7-8,10H,3-6,9,11,19H2;1H. The molecule has 2 N–H and O–H groups in total. The van der Waals surface area contributed by atoms with E-state index in [1.807, 2.05) is 0 Å². The monoisotopic (exact) mass is 393 g/mol. The molecule has 0 bridgehead atoms. The molecule has 0 saturated carbocycles. The van der Waals surface area contributed by atoms with Crippen molar-refractivity contribution in [2.75, 3.05) is 33.0 Å². The smallest absolute Gasteiger partial charge is 0.257 e. The number of nitrogens with two attached hydrogens (primary N) is 1. The summed E-state index contributed by atoms with van der Waals surface area (Å²) >= 11 is 0. The number of hydrogen-bond acceptors (Lipinski definition) is 6. The Kier molecular flexibility index (Phi) is 5.57. The number of fused-ring (bicyclic) bond motifs is 1. The summed E-state index contributed by atoms with van der Waals surface area (Å²) in [6, 6.07) is 6.82. The maximum absolute atomic E-state index is 12.7. The average Bonchev–Trinajstić information content (AvgIpc) is 3.35. The van der Waals surface area contributed by atoms with Crippen LogP contribution in [-0.4, -0.2) is 54.6 Å². The summed E-state index contributed by atoms with van der Waals surface area (Å²) in [4.78, 5) is 28.6. The van der Waals surface area contributed by atoms with Gasteiger partial charge in [-0.05, 0) is 24.3 Å². The van der Waals surface area contributed by atoms with E-state index in [1.165, 1.54) is 6.26 Å². The minimum atomic E-state index is -0.108. The summed E-state index contributed by atoms with van der Waals surface area (Å²) in [5.41, 5.74) is 6.54. The molecule has 2 amide bonds. The number of benzene rings is 1. The number of halogens is 1. The van der Waals surface area contributed by atoms with Crippen molar-refractivity contribution in [3.8, 4) is 11.5 Å². The van der Waals surface area contributed by atoms with E-state index in [2.05, 4.69) is 0 Å². The highest BCUT2D eigenvalue weighted by Gasteiger charge is 2.27. The number of furan rings is 1. The third kappa shape index (κ3) is 3.72. The lowest BCUT2D eigenvalue weighted by atomic mass is 10.1. The van der Waals surface area contributed by atoms with Gasteiger partial charge < -0.3 is 29.4 Å². The third-order valence-corrected chi connectivity index (χ3v) is 4.58. The van der Waals surface area contributed by atoms with Crippen molar-refractivity contribution in [2.24, 2.45) is 5.73 Å². The van der Waals surface area contributed by atoms with Crippen molar-refractivity contribution in [1.82, 2.24) is 9.80 Å². The van der Waals surface area contributed by atoms with Crippen molar-refractivity contribution in [2.45, 2.75) is 6.54 Å². The Morgan fingerprint density at radius 1 is 0.926 bits per heavy atom. The largest absolute Gasteiger partial charge is 0.467 e. The van der Waals surface area contributed by atoms with Gasteiger partial charge in [-0.2, -0.15) is 0 Å². The first-order valence-electron chi connectivity index (χ1n) is 8.41. The van der Waals surface area contributed by atoms with E-state index in [4.69, 9.17) is 19.6 Å². The molecule has 9 heteroatoms. The maximum atomic E-state index is 12.7. The molecule has 0 radical (unpaired) electrons. The molecule has 8 nitrogen and oxygen atoms in total. The van der Waals surface area contributed by atoms with Gasteiger partial charge in [0.15, 0.2) is 11.5 Å². The molecule has 0 aliphatic carbocycles. The Bertz CT molecular complexity index is 845. The number of hydrogen-bond donors (Lipinski definition) is 1. The number of carbonyl (C=O) groups excluding carboxylic acids is 2. The van der Waals surface area contributed by atoms with Crippen molar-refractivity contribution < 1.29 is 23.5 Å². The molecule has 27 heavy (non-hydrogen) atoms. The fourth-order valence-corrected chi connectivity index (χ4v) is 3.11. The Morgan fingerprint density at radius 2 is 1.56 bits per heavy atom. The van der Waals surface area contributed by atoms with Crippen molar-refractivity contribution in [3.05, 3.63) is 47.4 Å². The number of carbonyl (C=O) groups is 2. The van der Waals surface area contributed by atoms with Crippen LogP contribution in [0.2, 0.25) is 0 Å². The number of amides is 2. The zero-order valence-corrected chi connectivity index (χ0v) is 15.4. The molecular weight excluding hydrogens is 374 g/mol. The predicted molar refractivity (Wildman–Crippen MR) is 98.2 cm³/mol. The zero-order chi connectivity index (χ0) is 18.1. The van der Waals surface area contributed by atoms with Crippen LogP contribution in [0.25, 0.3) is 0 Å². The highest BCUT2D eigenvalue weighted by atomic mass is 35.5. The van der Waals surface area contributed by atoms with Crippen LogP contribution in [0.15, 0.2) is 34.9 Å². The summed E-state index contributed by atoms with van der Waals surface area (Å²) < 4.78 is 15.8. The summed E-state index contributed by atoms with van der Waals surface area (Å²) in [5, 5.41) is 0. The molecule has 2 aliphatic rings. The molecule has 4 rings (SSSR count). The van der Waals surface area contributed by atoms with Gasteiger partial charge in [0.25, 0.3) is 11.8 Å². The van der Waals surface area contributed by atoms with E-state index >= 15 is 0 Å². The number of nitrogens with zero attached hydrogens (tertiary/aromatic N) is 2. The fraction of sp³-hybridized carbons (Fsp3) is 0.333. The topological polar surface area (TPSA) is 98.2 Å². The lowest BCUT2D eigenvalue weighted by molar-refractivity contribution is 0.0535. The normalized spacial score (nSPS) is 15.4. The molecule has 0 spiro atoms. The summed E-state index contributed by atoms with van der Waals surface area (Å²) in [7, 11) is 0. The molecular formula is C18H20ClN3O5. The van der Waals surface area contributed by atoms with Crippen molar-refractivity contribution >= 4 is 24.2 Å². The Labute approximate surface area is 162 Å². The summed E-state index contributed by atoms with van der Waals surface area (Å²) in [6.07, 6.45) is 1.43. The van der Waals surface area contributed by atoms with Crippen LogP contribution in [0.3, 0.4) is 0 Å². The van der Waals surface area contributed by atoms with E-state index < -0.39 is 0 Å². The molecule has 0 atom stereocenters. The van der Waals surface area contributed by atoms with Gasteiger partial charge in [0.1, 0.15) is 12.0 Å². The summed E-state index contributed by atoms with van der Waals surface area (Å²) in [6.45, 7) is 2.32. The third-order valence-electron chi connectivity index (χ3n) is 4.58. The van der Waals surface area contributed by atoms with Crippen LogP contribution in [0, 0.1) is 0 Å². The van der Waals surface area contributed by atoms with Crippen molar-refractivity contribution in [3.63, 3.8) is 0 Å². The molecule has 1 fully saturated rings. The van der Waals surface area contributed by atoms with Gasteiger partial charge in [0, 0.05) is 31.7 Å². The van der Waals surface area contributed by atoms with Crippen LogP contribution < -0.4 is 15.2 Å². The van der Waals surface area contributed by atoms with Crippen LogP contribution in [0.4, 0.5) is 0 Å². The molecule has 1 aromatic heterocycles. The van der Waals surface area contributed by atoms with Crippen LogP contribution >= 0.6 is 12.4 Å². The van der Waals surface area contributed by atoms with Crippen LogP contribution in [0.1, 0.15) is 26.5 Å². The van der Waals surface area contributed by atoms with Crippen LogP contribution in [0.5, 0.6) is 11.5 Å². The van der Waals surface area contributed by atoms with E-state index in [0.717, 1.165) is 0 Å². The number of ether oxygens (including phenoxy) is 2. The predicted octanol–water partition coefficient (Wildman–Crippen LogP) is 1.49. The van der Waals surface area contributed by atoms with Gasteiger partial charge in [0.2, 0.25) is 6.79 Å². The second-order valence-corrected chi connectivity index (χ2v) is 6.16. The van der Waals surface area contributed by atoms with Gasteiger partial charge in [-0.25, -0.2) is 0 Å². The summed E-state index contributed by atoms with van der Waals surface area (Å²) in [5.74, 6) is 1.62. The van der Waals surface area contributed by atoms with E-state index in [-0.39, 0.29) is 37.6 Å². The Morgan fingerprint density at radius 3 is 2.19 bits per heavy atom. The fourth-order valence-electron chi connectivity index (χ4n) is 3.11. The minimum absolute atomic E-state index is 0. The van der Waals surface area contributed by atoms with E-state index in [0.29, 0.717) is 54.6 Å². The number of rotatable bonds is 3. The molecule has 1 aromatic carbocycles. The second-order valence-electron chi connectivity index (χ2n) is 6.16. The van der Waals surface area contributed by atoms with E-state index in [9.17, 15) is 9.59 Å². The maximum Gasteiger partial charge on any atom is 0.257 e. The zero-order valence-electron chi connectivity index (χ0n) is 14.6. The molecule has 0 unspecified atom stereocenters. The van der Waals surface area contributed by atoms with Gasteiger partial charge in [0.05, 0.1) is 12.1 Å². The molecule has 2 aliphatic heterocycles. The highest BCUT2D eigenvalue weighted by molar-refractivity contribution is 5.96. The first-order valence-corrected chi connectivity index (χ1v) is 8.41. The van der Waals surface area contributed by atoms with Gasteiger partial charge in [-0.15, -0.1) is 12.4 Å². The minimum Gasteiger partial charge on any atom is -0.467 e. The lowest BCUT2D eigenvalue weighted by Crippen LogP contribution is -2.50. The number of piperazine rings is 1. The van der Waals surface area contributed by atoms with Crippen LogP contribution in [-0.2, 0) is 6.54 Å². The van der Waals surface area contributed by atoms with E-state index in [1.54, 1.807) is 34.1 Å². The molecule has 2 aromatic rings. The molecule has 144 valence electrons. The first kappa shape index (κ1) is 19.1.